The van der Waals surface area contributed by atoms with Gasteiger partial charge in [0.2, 0.25) is 11.0 Å². The van der Waals surface area contributed by atoms with Crippen molar-refractivity contribution in [2.45, 2.75) is 25.7 Å². The third kappa shape index (κ3) is 3.83. The summed E-state index contributed by atoms with van der Waals surface area (Å²) in [6, 6.07) is 15.4. The lowest BCUT2D eigenvalue weighted by molar-refractivity contribution is -0.117. The molecule has 122 valence electrons. The van der Waals surface area contributed by atoms with Crippen LogP contribution in [0.15, 0.2) is 54.7 Å². The molecule has 2 heterocycles. The van der Waals surface area contributed by atoms with Crippen LogP contribution in [-0.4, -0.2) is 21.1 Å². The number of nitrogens with one attached hydrogen (secondary N) is 1. The van der Waals surface area contributed by atoms with Crippen molar-refractivity contribution in [2.75, 3.05) is 5.32 Å². The number of hydrogen-bond acceptors (Lipinski definition) is 5. The molecule has 0 aliphatic heterocycles. The van der Waals surface area contributed by atoms with E-state index in [2.05, 4.69) is 27.4 Å². The quantitative estimate of drug-likeness (QED) is 0.734. The normalized spacial score (nSPS) is 11.9. The summed E-state index contributed by atoms with van der Waals surface area (Å²) in [5, 5.41) is 12.3. The lowest BCUT2D eigenvalue weighted by Crippen LogP contribution is -2.21. The molecule has 0 aliphatic rings. The van der Waals surface area contributed by atoms with Crippen molar-refractivity contribution in [1.82, 2.24) is 15.2 Å². The molecule has 3 aromatic rings. The van der Waals surface area contributed by atoms with Gasteiger partial charge >= 0.3 is 0 Å². The molecule has 0 spiro atoms. The maximum absolute atomic E-state index is 12.7. The number of benzene rings is 1. The minimum Gasteiger partial charge on any atom is -0.300 e. The van der Waals surface area contributed by atoms with E-state index < -0.39 is 0 Å². The van der Waals surface area contributed by atoms with Gasteiger partial charge in [-0.3, -0.25) is 15.1 Å². The van der Waals surface area contributed by atoms with Gasteiger partial charge in [0.25, 0.3) is 0 Å². The van der Waals surface area contributed by atoms with Crippen LogP contribution in [0.5, 0.6) is 0 Å². The minimum absolute atomic E-state index is 0.0493. The fourth-order valence-corrected chi connectivity index (χ4v) is 3.21. The van der Waals surface area contributed by atoms with Crippen LogP contribution in [0.2, 0.25) is 0 Å². The van der Waals surface area contributed by atoms with E-state index in [1.165, 1.54) is 11.3 Å². The van der Waals surface area contributed by atoms with E-state index in [1.54, 1.807) is 6.20 Å². The van der Waals surface area contributed by atoms with Crippen molar-refractivity contribution in [2.24, 2.45) is 0 Å². The Morgan fingerprint density at radius 3 is 2.62 bits per heavy atom. The zero-order valence-corrected chi connectivity index (χ0v) is 14.2. The van der Waals surface area contributed by atoms with Crippen LogP contribution in [0.3, 0.4) is 0 Å². The van der Waals surface area contributed by atoms with E-state index in [0.29, 0.717) is 10.1 Å². The van der Waals surface area contributed by atoms with E-state index in [1.807, 2.05) is 48.5 Å². The van der Waals surface area contributed by atoms with Gasteiger partial charge in [0, 0.05) is 6.20 Å². The molecule has 0 saturated carbocycles. The van der Waals surface area contributed by atoms with Gasteiger partial charge in [0.05, 0.1) is 5.92 Å². The first-order valence-corrected chi connectivity index (χ1v) is 8.70. The first-order chi connectivity index (χ1) is 11.8. The smallest absolute Gasteiger partial charge is 0.233 e. The SMILES string of the molecule is CCC[C@H](C(=O)Nc1nnc(-c2ccccn2)s1)c1ccccc1. The molecule has 0 saturated heterocycles. The molecule has 0 radical (unpaired) electrons. The Kier molecular flexibility index (Phi) is 5.28. The molecular weight excluding hydrogens is 320 g/mol. The van der Waals surface area contributed by atoms with Crippen molar-refractivity contribution in [3.05, 3.63) is 60.3 Å². The molecule has 6 heteroatoms. The number of anilines is 1. The number of hydrogen-bond donors (Lipinski definition) is 1. The van der Waals surface area contributed by atoms with Gasteiger partial charge in [-0.15, -0.1) is 10.2 Å². The van der Waals surface area contributed by atoms with Gasteiger partial charge in [-0.1, -0.05) is 61.1 Å². The van der Waals surface area contributed by atoms with Crippen molar-refractivity contribution in [1.29, 1.82) is 0 Å². The average Bonchev–Trinajstić information content (AvgIpc) is 3.09. The summed E-state index contributed by atoms with van der Waals surface area (Å²) >= 11 is 1.33. The first kappa shape index (κ1) is 16.3. The zero-order chi connectivity index (χ0) is 16.8. The molecule has 1 amide bonds. The number of amides is 1. The van der Waals surface area contributed by atoms with Crippen molar-refractivity contribution < 1.29 is 4.79 Å². The van der Waals surface area contributed by atoms with Crippen molar-refractivity contribution in [3.8, 4) is 10.7 Å². The molecule has 0 unspecified atom stereocenters. The number of aromatic nitrogens is 3. The Labute approximate surface area is 144 Å². The summed E-state index contributed by atoms with van der Waals surface area (Å²) in [5.74, 6) is -0.231. The van der Waals surface area contributed by atoms with Crippen LogP contribution in [0.4, 0.5) is 5.13 Å². The van der Waals surface area contributed by atoms with Crippen LogP contribution >= 0.6 is 11.3 Å². The highest BCUT2D eigenvalue weighted by Gasteiger charge is 2.21. The van der Waals surface area contributed by atoms with Crippen LogP contribution in [0.25, 0.3) is 10.7 Å². The molecule has 0 bridgehead atoms. The largest absolute Gasteiger partial charge is 0.300 e. The average molecular weight is 338 g/mol. The van der Waals surface area contributed by atoms with Gasteiger partial charge in [0.15, 0.2) is 5.01 Å². The second kappa shape index (κ2) is 7.79. The molecule has 0 aliphatic carbocycles. The van der Waals surface area contributed by atoms with E-state index in [0.717, 1.165) is 24.1 Å². The van der Waals surface area contributed by atoms with Crippen LogP contribution in [-0.2, 0) is 4.79 Å². The Balaban J connectivity index is 1.75. The van der Waals surface area contributed by atoms with Gasteiger partial charge in [0.1, 0.15) is 5.69 Å². The molecule has 1 aromatic carbocycles. The Morgan fingerprint density at radius 2 is 1.92 bits per heavy atom. The molecule has 24 heavy (non-hydrogen) atoms. The summed E-state index contributed by atoms with van der Waals surface area (Å²) in [7, 11) is 0. The van der Waals surface area contributed by atoms with Crippen LogP contribution < -0.4 is 5.32 Å². The molecular formula is C18H18N4OS. The molecule has 1 N–H and O–H groups in total. The Morgan fingerprint density at radius 1 is 1.12 bits per heavy atom. The first-order valence-electron chi connectivity index (χ1n) is 7.88. The standard InChI is InChI=1S/C18H18N4OS/c1-2-8-14(13-9-4-3-5-10-13)16(23)20-18-22-21-17(24-18)15-11-6-7-12-19-15/h3-7,9-12,14H,2,8H2,1H3,(H,20,22,23)/t14-/m0/s1. The maximum atomic E-state index is 12.7. The second-order valence-electron chi connectivity index (χ2n) is 5.37. The number of carbonyl (C=O) groups is 1. The monoisotopic (exact) mass is 338 g/mol. The second-order valence-corrected chi connectivity index (χ2v) is 6.35. The number of rotatable bonds is 6. The van der Waals surface area contributed by atoms with Gasteiger partial charge < -0.3 is 0 Å². The molecule has 2 aromatic heterocycles. The fourth-order valence-electron chi connectivity index (χ4n) is 2.48. The van der Waals surface area contributed by atoms with Crippen LogP contribution in [0.1, 0.15) is 31.2 Å². The lowest BCUT2D eigenvalue weighted by atomic mass is 9.94. The summed E-state index contributed by atoms with van der Waals surface area (Å²) < 4.78 is 0. The van der Waals surface area contributed by atoms with Crippen LogP contribution in [0, 0.1) is 0 Å². The molecule has 1 atom stereocenters. The van der Waals surface area contributed by atoms with Gasteiger partial charge in [-0.25, -0.2) is 0 Å². The summed E-state index contributed by atoms with van der Waals surface area (Å²) in [6.45, 7) is 2.08. The summed E-state index contributed by atoms with van der Waals surface area (Å²) in [5.41, 5.74) is 1.77. The van der Waals surface area contributed by atoms with E-state index >= 15 is 0 Å². The van der Waals surface area contributed by atoms with Crippen molar-refractivity contribution >= 4 is 22.4 Å². The highest BCUT2D eigenvalue weighted by atomic mass is 32.1. The Bertz CT molecular complexity index is 789. The topological polar surface area (TPSA) is 67.8 Å². The minimum atomic E-state index is -0.182. The fraction of sp³-hybridized carbons (Fsp3) is 0.222. The lowest BCUT2D eigenvalue weighted by Gasteiger charge is -2.15. The van der Waals surface area contributed by atoms with Crippen molar-refractivity contribution in [3.63, 3.8) is 0 Å². The molecule has 3 rings (SSSR count). The Hall–Kier alpha value is -2.60. The van der Waals surface area contributed by atoms with Gasteiger partial charge in [-0.05, 0) is 24.1 Å². The molecule has 5 nitrogen and oxygen atoms in total. The third-order valence-corrected chi connectivity index (χ3v) is 4.50. The summed E-state index contributed by atoms with van der Waals surface area (Å²) in [4.78, 5) is 16.9. The number of pyridine rings is 1. The predicted molar refractivity (Wildman–Crippen MR) is 95.9 cm³/mol. The van der Waals surface area contributed by atoms with E-state index in [4.69, 9.17) is 0 Å². The summed E-state index contributed by atoms with van der Waals surface area (Å²) in [6.07, 6.45) is 3.44. The highest BCUT2D eigenvalue weighted by Crippen LogP contribution is 2.27. The third-order valence-electron chi connectivity index (χ3n) is 3.63. The van der Waals surface area contributed by atoms with E-state index in [-0.39, 0.29) is 11.8 Å². The van der Waals surface area contributed by atoms with Gasteiger partial charge in [-0.2, -0.15) is 0 Å². The molecule has 0 fully saturated rings. The van der Waals surface area contributed by atoms with E-state index in [9.17, 15) is 4.79 Å². The maximum Gasteiger partial charge on any atom is 0.233 e. The highest BCUT2D eigenvalue weighted by molar-refractivity contribution is 7.18. The number of nitrogens with zero attached hydrogens (tertiary/aromatic N) is 3. The zero-order valence-electron chi connectivity index (χ0n) is 13.3. The number of carbonyl (C=O) groups excluding carboxylic acids is 1. The predicted octanol–water partition coefficient (Wildman–Crippen LogP) is 4.12.